The van der Waals surface area contributed by atoms with Crippen LogP contribution in [-0.4, -0.2) is 46.0 Å². The molecule has 134 valence electrons. The molecule has 1 unspecified atom stereocenters. The zero-order valence-corrected chi connectivity index (χ0v) is 14.8. The highest BCUT2D eigenvalue weighted by atomic mass is 16.4. The van der Waals surface area contributed by atoms with Gasteiger partial charge in [-0.2, -0.15) is 5.26 Å². The fraction of sp³-hybridized carbons (Fsp3) is 0.444. The Morgan fingerprint density at radius 2 is 2.04 bits per heavy atom. The smallest absolute Gasteiger partial charge is 0.326 e. The van der Waals surface area contributed by atoms with Gasteiger partial charge in [0.1, 0.15) is 17.7 Å². The van der Waals surface area contributed by atoms with E-state index in [-0.39, 0.29) is 11.5 Å². The molecule has 1 aromatic heterocycles. The van der Waals surface area contributed by atoms with Crippen molar-refractivity contribution in [2.75, 3.05) is 13.1 Å². The number of nitrogens with zero attached hydrogens (tertiary/aromatic N) is 3. The summed E-state index contributed by atoms with van der Waals surface area (Å²) in [6.45, 7) is 6.56. The summed E-state index contributed by atoms with van der Waals surface area (Å²) in [5, 5.41) is 20.8. The first-order chi connectivity index (χ1) is 11.9. The number of nitrogens with one attached hydrogen (secondary N) is 1. The number of carboxylic acid groups (broad SMARTS) is 1. The SMILES string of the molecule is CCN(/C=C(/C#N)C(=O)NC(C(=O)O)C(C)C)CCc1ccncc1. The van der Waals surface area contributed by atoms with Crippen molar-refractivity contribution in [2.45, 2.75) is 33.2 Å². The topological polar surface area (TPSA) is 106 Å². The van der Waals surface area contributed by atoms with Gasteiger partial charge in [0.25, 0.3) is 5.91 Å². The molecule has 7 nitrogen and oxygen atoms in total. The van der Waals surface area contributed by atoms with Crippen LogP contribution in [0.3, 0.4) is 0 Å². The fourth-order valence-electron chi connectivity index (χ4n) is 2.19. The predicted molar refractivity (Wildman–Crippen MR) is 93.3 cm³/mol. The van der Waals surface area contributed by atoms with E-state index in [0.717, 1.165) is 12.0 Å². The van der Waals surface area contributed by atoms with Crippen molar-refractivity contribution in [1.29, 1.82) is 5.26 Å². The Hall–Kier alpha value is -2.88. The maximum absolute atomic E-state index is 12.2. The molecule has 0 bridgehead atoms. The first-order valence-electron chi connectivity index (χ1n) is 8.17. The third-order valence-electron chi connectivity index (χ3n) is 3.74. The van der Waals surface area contributed by atoms with Crippen LogP contribution >= 0.6 is 0 Å². The van der Waals surface area contributed by atoms with Crippen LogP contribution in [0.1, 0.15) is 26.3 Å². The van der Waals surface area contributed by atoms with Crippen molar-refractivity contribution >= 4 is 11.9 Å². The molecule has 1 atom stereocenters. The molecular weight excluding hydrogens is 320 g/mol. The lowest BCUT2D eigenvalue weighted by molar-refractivity contribution is -0.142. The van der Waals surface area contributed by atoms with Gasteiger partial charge in [0, 0.05) is 31.7 Å². The van der Waals surface area contributed by atoms with E-state index < -0.39 is 17.9 Å². The number of hydrogen-bond acceptors (Lipinski definition) is 5. The molecule has 2 N–H and O–H groups in total. The van der Waals surface area contributed by atoms with Gasteiger partial charge in [-0.3, -0.25) is 9.78 Å². The molecule has 0 fully saturated rings. The van der Waals surface area contributed by atoms with E-state index >= 15 is 0 Å². The van der Waals surface area contributed by atoms with Crippen LogP contribution in [0, 0.1) is 17.2 Å². The average molecular weight is 344 g/mol. The van der Waals surface area contributed by atoms with Crippen molar-refractivity contribution in [3.63, 3.8) is 0 Å². The second-order valence-corrected chi connectivity index (χ2v) is 5.92. The van der Waals surface area contributed by atoms with Crippen LogP contribution in [0.2, 0.25) is 0 Å². The predicted octanol–water partition coefficient (Wildman–Crippen LogP) is 1.58. The van der Waals surface area contributed by atoms with Gasteiger partial charge < -0.3 is 15.3 Å². The van der Waals surface area contributed by atoms with E-state index in [4.69, 9.17) is 5.11 Å². The number of hydrogen-bond donors (Lipinski definition) is 2. The Labute approximate surface area is 148 Å². The molecule has 0 radical (unpaired) electrons. The summed E-state index contributed by atoms with van der Waals surface area (Å²) in [7, 11) is 0. The van der Waals surface area contributed by atoms with Crippen molar-refractivity contribution in [3.05, 3.63) is 41.9 Å². The molecule has 0 aromatic carbocycles. The maximum Gasteiger partial charge on any atom is 0.326 e. The molecule has 1 aromatic rings. The molecule has 7 heteroatoms. The van der Waals surface area contributed by atoms with Crippen LogP contribution < -0.4 is 5.32 Å². The van der Waals surface area contributed by atoms with Gasteiger partial charge >= 0.3 is 5.97 Å². The van der Waals surface area contributed by atoms with E-state index in [2.05, 4.69) is 10.3 Å². The fourth-order valence-corrected chi connectivity index (χ4v) is 2.19. The second kappa shape index (κ2) is 10.1. The van der Waals surface area contributed by atoms with Crippen LogP contribution in [0.25, 0.3) is 0 Å². The Bertz CT molecular complexity index is 650. The monoisotopic (exact) mass is 344 g/mol. The third kappa shape index (κ3) is 6.63. The molecule has 1 heterocycles. The van der Waals surface area contributed by atoms with Gasteiger partial charge in [-0.05, 0) is 37.0 Å². The first-order valence-corrected chi connectivity index (χ1v) is 8.17. The quantitative estimate of drug-likeness (QED) is 0.520. The minimum atomic E-state index is -1.12. The summed E-state index contributed by atoms with van der Waals surface area (Å²) in [5.41, 5.74) is 0.999. The molecule has 25 heavy (non-hydrogen) atoms. The largest absolute Gasteiger partial charge is 0.480 e. The number of carbonyl (C=O) groups is 2. The summed E-state index contributed by atoms with van der Waals surface area (Å²) in [6.07, 6.45) is 5.66. The molecular formula is C18H24N4O3. The van der Waals surface area contributed by atoms with Gasteiger partial charge in [0.15, 0.2) is 0 Å². The molecule has 1 amide bonds. The second-order valence-electron chi connectivity index (χ2n) is 5.92. The number of carbonyl (C=O) groups excluding carboxylic acids is 1. The number of carboxylic acids is 1. The summed E-state index contributed by atoms with van der Waals surface area (Å²) >= 11 is 0. The van der Waals surface area contributed by atoms with Gasteiger partial charge in [-0.25, -0.2) is 4.79 Å². The summed E-state index contributed by atoms with van der Waals surface area (Å²) in [4.78, 5) is 29.2. The minimum Gasteiger partial charge on any atom is -0.480 e. The van der Waals surface area contributed by atoms with E-state index in [0.29, 0.717) is 13.1 Å². The minimum absolute atomic E-state index is 0.108. The Morgan fingerprint density at radius 3 is 2.52 bits per heavy atom. The molecule has 0 aliphatic carbocycles. The number of nitriles is 1. The number of amides is 1. The van der Waals surface area contributed by atoms with Crippen molar-refractivity contribution < 1.29 is 14.7 Å². The summed E-state index contributed by atoms with van der Waals surface area (Å²) in [6, 6.07) is 4.65. The van der Waals surface area contributed by atoms with E-state index in [1.807, 2.05) is 30.0 Å². The van der Waals surface area contributed by atoms with Gasteiger partial charge in [0.2, 0.25) is 0 Å². The lowest BCUT2D eigenvalue weighted by atomic mass is 10.0. The Morgan fingerprint density at radius 1 is 1.40 bits per heavy atom. The van der Waals surface area contributed by atoms with Crippen LogP contribution in [0.5, 0.6) is 0 Å². The van der Waals surface area contributed by atoms with Gasteiger partial charge in [-0.15, -0.1) is 0 Å². The zero-order chi connectivity index (χ0) is 18.8. The first kappa shape index (κ1) is 20.2. The van der Waals surface area contributed by atoms with Crippen molar-refractivity contribution in [1.82, 2.24) is 15.2 Å². The van der Waals surface area contributed by atoms with Crippen LogP contribution in [0.15, 0.2) is 36.3 Å². The van der Waals surface area contributed by atoms with Crippen LogP contribution in [0.4, 0.5) is 0 Å². The van der Waals surface area contributed by atoms with Gasteiger partial charge in [0.05, 0.1) is 0 Å². The highest BCUT2D eigenvalue weighted by Gasteiger charge is 2.25. The standard InChI is InChI=1S/C18H24N4O3/c1-4-22(10-7-14-5-8-20-9-6-14)12-15(11-19)17(23)21-16(13(2)3)18(24)25/h5-6,8-9,12-13,16H,4,7,10H2,1-3H3,(H,21,23)(H,24,25)/b15-12-. The number of aliphatic carboxylic acids is 1. The van der Waals surface area contributed by atoms with E-state index in [1.54, 1.807) is 26.2 Å². The highest BCUT2D eigenvalue weighted by molar-refractivity contribution is 5.99. The number of aromatic nitrogens is 1. The zero-order valence-electron chi connectivity index (χ0n) is 14.8. The Balaban J connectivity index is 2.78. The molecule has 0 spiro atoms. The summed E-state index contributed by atoms with van der Waals surface area (Å²) in [5.74, 6) is -2.08. The van der Waals surface area contributed by atoms with E-state index in [1.165, 1.54) is 6.20 Å². The highest BCUT2D eigenvalue weighted by Crippen LogP contribution is 2.06. The van der Waals surface area contributed by atoms with Crippen molar-refractivity contribution in [2.24, 2.45) is 5.92 Å². The third-order valence-corrected chi connectivity index (χ3v) is 3.74. The molecule has 1 rings (SSSR count). The lowest BCUT2D eigenvalue weighted by Gasteiger charge is -2.20. The molecule has 0 saturated carbocycles. The normalized spacial score (nSPS) is 12.4. The lowest BCUT2D eigenvalue weighted by Crippen LogP contribution is -2.45. The molecule has 0 aliphatic rings. The van der Waals surface area contributed by atoms with E-state index in [9.17, 15) is 14.9 Å². The average Bonchev–Trinajstić information content (AvgIpc) is 2.60. The Kier molecular flexibility index (Phi) is 8.13. The number of likely N-dealkylation sites (N-methyl/N-ethyl adjacent to an activating group) is 1. The van der Waals surface area contributed by atoms with Crippen molar-refractivity contribution in [3.8, 4) is 6.07 Å². The maximum atomic E-state index is 12.2. The molecule has 0 saturated heterocycles. The number of rotatable bonds is 9. The number of pyridine rings is 1. The van der Waals surface area contributed by atoms with Crippen LogP contribution in [-0.2, 0) is 16.0 Å². The molecule has 0 aliphatic heterocycles. The van der Waals surface area contributed by atoms with Gasteiger partial charge in [-0.1, -0.05) is 13.8 Å². The summed E-state index contributed by atoms with van der Waals surface area (Å²) < 4.78 is 0.